The fourth-order valence-electron chi connectivity index (χ4n) is 4.15. The maximum absolute atomic E-state index is 12.7. The average molecular weight is 357 g/mol. The Morgan fingerprint density at radius 1 is 1.19 bits per heavy atom. The van der Waals surface area contributed by atoms with Crippen molar-refractivity contribution in [3.63, 3.8) is 0 Å². The Morgan fingerprint density at radius 3 is 2.46 bits per heavy atom. The second-order valence-electron chi connectivity index (χ2n) is 7.23. The zero-order chi connectivity index (χ0) is 18.5. The SMILES string of the molecule is CCOc1ccccc1/C=C(\CC(=O)N1C[C@H]2CCCC[C@H]2C1)C(=O)O. The molecule has 0 aromatic heterocycles. The number of carboxylic acids is 1. The largest absolute Gasteiger partial charge is 0.493 e. The fourth-order valence-corrected chi connectivity index (χ4v) is 4.15. The molecule has 2 fully saturated rings. The Hall–Kier alpha value is -2.30. The molecule has 0 spiro atoms. The molecule has 1 N–H and O–H groups in total. The predicted octanol–water partition coefficient (Wildman–Crippen LogP) is 3.59. The van der Waals surface area contributed by atoms with E-state index in [1.54, 1.807) is 6.08 Å². The van der Waals surface area contributed by atoms with Crippen molar-refractivity contribution < 1.29 is 19.4 Å². The Kier molecular flexibility index (Phi) is 5.96. The van der Waals surface area contributed by atoms with Crippen LogP contribution in [0.25, 0.3) is 6.08 Å². The highest BCUT2D eigenvalue weighted by atomic mass is 16.5. The van der Waals surface area contributed by atoms with E-state index in [-0.39, 0.29) is 17.9 Å². The van der Waals surface area contributed by atoms with E-state index < -0.39 is 5.97 Å². The highest BCUT2D eigenvalue weighted by Gasteiger charge is 2.36. The number of nitrogens with zero attached hydrogens (tertiary/aromatic N) is 1. The van der Waals surface area contributed by atoms with E-state index in [2.05, 4.69) is 0 Å². The number of carboxylic acid groups (broad SMARTS) is 1. The second-order valence-corrected chi connectivity index (χ2v) is 7.23. The predicted molar refractivity (Wildman–Crippen MR) is 99.9 cm³/mol. The number of para-hydroxylation sites is 1. The van der Waals surface area contributed by atoms with Crippen molar-refractivity contribution in [1.29, 1.82) is 0 Å². The first kappa shape index (κ1) is 18.5. The molecule has 1 aliphatic carbocycles. The number of likely N-dealkylation sites (tertiary alicyclic amines) is 1. The van der Waals surface area contributed by atoms with Crippen molar-refractivity contribution in [2.24, 2.45) is 11.8 Å². The van der Waals surface area contributed by atoms with Crippen LogP contribution in [0.3, 0.4) is 0 Å². The van der Waals surface area contributed by atoms with E-state index in [0.717, 1.165) is 13.1 Å². The molecule has 0 unspecified atom stereocenters. The van der Waals surface area contributed by atoms with Gasteiger partial charge in [0.2, 0.25) is 5.91 Å². The standard InChI is InChI=1S/C21H27NO4/c1-2-26-19-10-6-5-7-15(19)11-18(21(24)25)12-20(23)22-13-16-8-3-4-9-17(16)14-22/h5-7,10-11,16-17H,2-4,8-9,12-14H2,1H3,(H,24,25)/b18-11+/t16-,17+. The highest BCUT2D eigenvalue weighted by molar-refractivity contribution is 5.98. The van der Waals surface area contributed by atoms with Crippen LogP contribution < -0.4 is 4.74 Å². The van der Waals surface area contributed by atoms with Gasteiger partial charge >= 0.3 is 5.97 Å². The molecular formula is C21H27NO4. The number of carbonyl (C=O) groups excluding carboxylic acids is 1. The van der Waals surface area contributed by atoms with Gasteiger partial charge in [0.25, 0.3) is 0 Å². The van der Waals surface area contributed by atoms with Gasteiger partial charge < -0.3 is 14.7 Å². The first-order chi connectivity index (χ1) is 12.6. The van der Waals surface area contributed by atoms with Crippen LogP contribution in [0.15, 0.2) is 29.8 Å². The molecule has 26 heavy (non-hydrogen) atoms. The summed E-state index contributed by atoms with van der Waals surface area (Å²) in [4.78, 5) is 26.3. The maximum atomic E-state index is 12.7. The molecule has 3 rings (SSSR count). The summed E-state index contributed by atoms with van der Waals surface area (Å²) in [5.74, 6) is 0.698. The fraction of sp³-hybridized carbons (Fsp3) is 0.524. The molecule has 1 saturated carbocycles. The minimum Gasteiger partial charge on any atom is -0.493 e. The monoisotopic (exact) mass is 357 g/mol. The number of hydrogen-bond acceptors (Lipinski definition) is 3. The highest BCUT2D eigenvalue weighted by Crippen LogP contribution is 2.36. The van der Waals surface area contributed by atoms with Crippen LogP contribution in [0.5, 0.6) is 5.75 Å². The van der Waals surface area contributed by atoms with Gasteiger partial charge in [0.15, 0.2) is 0 Å². The number of fused-ring (bicyclic) bond motifs is 1. The third kappa shape index (κ3) is 4.26. The van der Waals surface area contributed by atoms with Crippen LogP contribution in [0.4, 0.5) is 0 Å². The third-order valence-electron chi connectivity index (χ3n) is 5.49. The van der Waals surface area contributed by atoms with E-state index in [4.69, 9.17) is 4.74 Å². The maximum Gasteiger partial charge on any atom is 0.332 e. The summed E-state index contributed by atoms with van der Waals surface area (Å²) in [5.41, 5.74) is 0.798. The second kappa shape index (κ2) is 8.39. The Labute approximate surface area is 154 Å². The molecule has 0 bridgehead atoms. The van der Waals surface area contributed by atoms with E-state index in [1.807, 2.05) is 36.1 Å². The lowest BCUT2D eigenvalue weighted by atomic mass is 9.82. The molecule has 1 amide bonds. The molecule has 1 saturated heterocycles. The van der Waals surface area contributed by atoms with Crippen molar-refractivity contribution in [2.45, 2.75) is 39.0 Å². The van der Waals surface area contributed by atoms with E-state index >= 15 is 0 Å². The van der Waals surface area contributed by atoms with E-state index in [0.29, 0.717) is 29.8 Å². The lowest BCUT2D eigenvalue weighted by Crippen LogP contribution is -2.29. The molecule has 1 heterocycles. The Balaban J connectivity index is 1.73. The molecule has 1 aromatic carbocycles. The van der Waals surface area contributed by atoms with E-state index in [1.165, 1.54) is 25.7 Å². The molecule has 2 aliphatic rings. The van der Waals surface area contributed by atoms with Gasteiger partial charge in [0, 0.05) is 24.2 Å². The number of rotatable bonds is 6. The van der Waals surface area contributed by atoms with Gasteiger partial charge in [-0.25, -0.2) is 4.79 Å². The normalized spacial score (nSPS) is 22.8. The van der Waals surface area contributed by atoms with Crippen LogP contribution in [-0.2, 0) is 9.59 Å². The molecule has 5 nitrogen and oxygen atoms in total. The van der Waals surface area contributed by atoms with Gasteiger partial charge in [-0.05, 0) is 43.7 Å². The molecule has 5 heteroatoms. The lowest BCUT2D eigenvalue weighted by Gasteiger charge is -2.22. The van der Waals surface area contributed by atoms with Crippen molar-refractivity contribution >= 4 is 18.0 Å². The van der Waals surface area contributed by atoms with Crippen LogP contribution >= 0.6 is 0 Å². The summed E-state index contributed by atoms with van der Waals surface area (Å²) < 4.78 is 5.55. The summed E-state index contributed by atoms with van der Waals surface area (Å²) >= 11 is 0. The van der Waals surface area contributed by atoms with Gasteiger partial charge in [0.1, 0.15) is 5.75 Å². The molecule has 1 aromatic rings. The van der Waals surface area contributed by atoms with Crippen molar-refractivity contribution in [3.05, 3.63) is 35.4 Å². The van der Waals surface area contributed by atoms with Crippen LogP contribution in [0.2, 0.25) is 0 Å². The molecule has 140 valence electrons. The first-order valence-electron chi connectivity index (χ1n) is 9.52. The summed E-state index contributed by atoms with van der Waals surface area (Å²) in [6, 6.07) is 7.30. The Bertz CT molecular complexity index is 683. The summed E-state index contributed by atoms with van der Waals surface area (Å²) in [6.45, 7) is 3.95. The van der Waals surface area contributed by atoms with Crippen LogP contribution in [0, 0.1) is 11.8 Å². The smallest absolute Gasteiger partial charge is 0.332 e. The minimum atomic E-state index is -1.05. The molecule has 1 aliphatic heterocycles. The van der Waals surface area contributed by atoms with Gasteiger partial charge in [-0.1, -0.05) is 31.0 Å². The van der Waals surface area contributed by atoms with Gasteiger partial charge in [-0.3, -0.25) is 4.79 Å². The number of amides is 1. The van der Waals surface area contributed by atoms with Crippen molar-refractivity contribution in [1.82, 2.24) is 4.90 Å². The van der Waals surface area contributed by atoms with Crippen LogP contribution in [0.1, 0.15) is 44.6 Å². The van der Waals surface area contributed by atoms with Crippen molar-refractivity contribution in [3.8, 4) is 5.75 Å². The summed E-state index contributed by atoms with van der Waals surface area (Å²) in [5, 5.41) is 9.57. The molecular weight excluding hydrogens is 330 g/mol. The van der Waals surface area contributed by atoms with Gasteiger partial charge in [0.05, 0.1) is 13.0 Å². The van der Waals surface area contributed by atoms with Crippen LogP contribution in [-0.4, -0.2) is 41.6 Å². The Morgan fingerprint density at radius 2 is 1.85 bits per heavy atom. The van der Waals surface area contributed by atoms with Gasteiger partial charge in [-0.2, -0.15) is 0 Å². The zero-order valence-corrected chi connectivity index (χ0v) is 15.3. The summed E-state index contributed by atoms with van der Waals surface area (Å²) in [7, 11) is 0. The number of benzene rings is 1. The van der Waals surface area contributed by atoms with E-state index in [9.17, 15) is 14.7 Å². The molecule has 0 radical (unpaired) electrons. The lowest BCUT2D eigenvalue weighted by molar-refractivity contribution is -0.136. The third-order valence-corrected chi connectivity index (χ3v) is 5.49. The minimum absolute atomic E-state index is 0.0742. The molecule has 2 atom stereocenters. The summed E-state index contributed by atoms with van der Waals surface area (Å²) in [6.07, 6.45) is 6.37. The van der Waals surface area contributed by atoms with Crippen molar-refractivity contribution in [2.75, 3.05) is 19.7 Å². The number of carbonyl (C=O) groups is 2. The van der Waals surface area contributed by atoms with Gasteiger partial charge in [-0.15, -0.1) is 0 Å². The number of hydrogen-bond donors (Lipinski definition) is 1. The average Bonchev–Trinajstić information content (AvgIpc) is 3.07. The number of aliphatic carboxylic acids is 1. The first-order valence-corrected chi connectivity index (χ1v) is 9.52. The quantitative estimate of drug-likeness (QED) is 0.790. The number of ether oxygens (including phenoxy) is 1. The zero-order valence-electron chi connectivity index (χ0n) is 15.3. The topological polar surface area (TPSA) is 66.8 Å².